The van der Waals surface area contributed by atoms with E-state index in [0.29, 0.717) is 0 Å². The molecule has 1 rings (SSSR count). The van der Waals surface area contributed by atoms with Crippen LogP contribution < -0.4 is 5.32 Å². The second-order valence-electron chi connectivity index (χ2n) is 6.70. The van der Waals surface area contributed by atoms with Crippen LogP contribution in [0.25, 0.3) is 0 Å². The third-order valence-corrected chi connectivity index (χ3v) is 4.53. The van der Waals surface area contributed by atoms with Gasteiger partial charge < -0.3 is 4.74 Å². The van der Waals surface area contributed by atoms with Crippen molar-refractivity contribution in [3.8, 4) is 0 Å². The lowest BCUT2D eigenvalue weighted by molar-refractivity contribution is 0.0540. The third-order valence-electron chi connectivity index (χ3n) is 3.40. The van der Waals surface area contributed by atoms with Gasteiger partial charge in [0, 0.05) is 10.6 Å². The van der Waals surface area contributed by atoms with Crippen molar-refractivity contribution in [1.82, 2.24) is 5.32 Å². The molecule has 0 saturated heterocycles. The Balaban J connectivity index is 2.60. The molecular weight excluding hydrogens is 306 g/mol. The molecule has 0 spiro atoms. The van der Waals surface area contributed by atoms with Crippen LogP contribution in [0.3, 0.4) is 0 Å². The molecule has 0 saturated carbocycles. The van der Waals surface area contributed by atoms with Crippen molar-refractivity contribution in [2.45, 2.75) is 59.5 Å². The lowest BCUT2D eigenvalue weighted by Gasteiger charge is -2.22. The molecule has 0 aliphatic heterocycles. The number of nitrogens with one attached hydrogen (secondary N) is 1. The van der Waals surface area contributed by atoms with Crippen LogP contribution in [0.2, 0.25) is 0 Å². The lowest BCUT2D eigenvalue weighted by Crippen LogP contribution is -2.33. The molecule has 0 aromatic carbocycles. The van der Waals surface area contributed by atoms with Crippen molar-refractivity contribution in [1.29, 1.82) is 0 Å². The zero-order valence-electron chi connectivity index (χ0n) is 14.9. The van der Waals surface area contributed by atoms with Gasteiger partial charge in [0.25, 0.3) is 0 Å². The molecule has 0 fully saturated rings. The smallest absolute Gasteiger partial charge is 0.411 e. The van der Waals surface area contributed by atoms with E-state index < -0.39 is 11.7 Å². The number of alkyl carbamates (subject to hydrolysis) is 1. The first-order valence-electron chi connectivity index (χ1n) is 8.14. The van der Waals surface area contributed by atoms with E-state index in [9.17, 15) is 4.79 Å². The number of hydrogen-bond acceptors (Lipinski definition) is 3. The summed E-state index contributed by atoms with van der Waals surface area (Å²) in [6, 6.07) is 2.27. The summed E-state index contributed by atoms with van der Waals surface area (Å²) in [6.07, 6.45) is 6.18. The van der Waals surface area contributed by atoms with E-state index in [1.54, 1.807) is 6.08 Å². The Morgan fingerprint density at radius 2 is 2.17 bits per heavy atom. The van der Waals surface area contributed by atoms with E-state index in [4.69, 9.17) is 4.74 Å². The van der Waals surface area contributed by atoms with Gasteiger partial charge in [-0.15, -0.1) is 11.3 Å². The van der Waals surface area contributed by atoms with Gasteiger partial charge in [-0.25, -0.2) is 4.79 Å². The normalized spacial score (nSPS) is 13.5. The highest BCUT2D eigenvalue weighted by molar-refractivity contribution is 7.10. The predicted octanol–water partition coefficient (Wildman–Crippen LogP) is 5.47. The third kappa shape index (κ3) is 7.51. The molecule has 4 heteroatoms. The highest BCUT2D eigenvalue weighted by atomic mass is 32.1. The van der Waals surface area contributed by atoms with Gasteiger partial charge in [-0.1, -0.05) is 26.5 Å². The van der Waals surface area contributed by atoms with E-state index in [1.165, 1.54) is 10.4 Å². The number of rotatable bonds is 7. The Labute approximate surface area is 144 Å². The topological polar surface area (TPSA) is 38.3 Å². The van der Waals surface area contributed by atoms with E-state index in [0.717, 1.165) is 25.0 Å². The van der Waals surface area contributed by atoms with Crippen LogP contribution in [0.5, 0.6) is 0 Å². The van der Waals surface area contributed by atoms with Crippen LogP contribution in [0, 0.1) is 5.92 Å². The molecule has 23 heavy (non-hydrogen) atoms. The first kappa shape index (κ1) is 19.5. The average Bonchev–Trinajstić information content (AvgIpc) is 2.90. The van der Waals surface area contributed by atoms with Gasteiger partial charge in [0.05, 0.1) is 0 Å². The molecule has 0 radical (unpaired) electrons. The molecular formula is C19H29NO2S. The second kappa shape index (κ2) is 8.92. The lowest BCUT2D eigenvalue weighted by atomic mass is 9.98. The number of amides is 1. The maximum atomic E-state index is 12.0. The molecule has 1 unspecified atom stereocenters. The van der Waals surface area contributed by atoms with Crippen LogP contribution in [-0.2, 0) is 17.6 Å². The van der Waals surface area contributed by atoms with Crippen molar-refractivity contribution < 1.29 is 9.53 Å². The maximum Gasteiger partial charge on any atom is 0.411 e. The van der Waals surface area contributed by atoms with Gasteiger partial charge in [0.15, 0.2) is 0 Å². The number of allylic oxidation sites excluding steroid dienone is 3. The Hall–Kier alpha value is -1.55. The summed E-state index contributed by atoms with van der Waals surface area (Å²) in [5, 5.41) is 5.08. The Morgan fingerprint density at radius 1 is 1.48 bits per heavy atom. The molecule has 0 aliphatic rings. The minimum Gasteiger partial charge on any atom is -0.444 e. The molecule has 1 aromatic heterocycles. The van der Waals surface area contributed by atoms with Gasteiger partial charge in [-0.3, -0.25) is 5.32 Å². The predicted molar refractivity (Wildman–Crippen MR) is 98.8 cm³/mol. The summed E-state index contributed by atoms with van der Waals surface area (Å²) in [6.45, 7) is 13.6. The number of carbonyl (C=O) groups excluding carboxylic acids is 1. The van der Waals surface area contributed by atoms with Crippen LogP contribution in [0.1, 0.15) is 51.5 Å². The van der Waals surface area contributed by atoms with Crippen LogP contribution in [0.4, 0.5) is 4.79 Å². The summed E-state index contributed by atoms with van der Waals surface area (Å²) in [4.78, 5) is 13.4. The standard InChI is InChI=1S/C19H29NO2S/c1-7-9-17(20-18(21)22-19(4,5)6)14(3)10-11-15-12-16(8-2)23-13-15/h7,9,12-14H,1,8,10-11H2,2-6H3,(H,20,21)/b17-9+. The van der Waals surface area contributed by atoms with Gasteiger partial charge in [0.2, 0.25) is 0 Å². The molecule has 1 N–H and O–H groups in total. The SMILES string of the molecule is C=C/C=C(/NC(=O)OC(C)(C)C)C(C)CCc1csc(CC)c1. The van der Waals surface area contributed by atoms with Crippen LogP contribution in [0.15, 0.2) is 35.9 Å². The van der Waals surface area contributed by atoms with E-state index in [2.05, 4.69) is 37.2 Å². The second-order valence-corrected chi connectivity index (χ2v) is 7.69. The average molecular weight is 336 g/mol. The molecule has 0 bridgehead atoms. The quantitative estimate of drug-likeness (QED) is 0.671. The molecule has 3 nitrogen and oxygen atoms in total. The Morgan fingerprint density at radius 3 is 2.70 bits per heavy atom. The first-order chi connectivity index (χ1) is 10.7. The van der Waals surface area contributed by atoms with Crippen molar-refractivity contribution in [3.05, 3.63) is 46.3 Å². The highest BCUT2D eigenvalue weighted by Gasteiger charge is 2.18. The molecule has 128 valence electrons. The van der Waals surface area contributed by atoms with Crippen LogP contribution >= 0.6 is 11.3 Å². The number of carbonyl (C=O) groups is 1. The molecule has 1 atom stereocenters. The maximum absolute atomic E-state index is 12.0. The van der Waals surface area contributed by atoms with E-state index >= 15 is 0 Å². The van der Waals surface area contributed by atoms with Crippen molar-refractivity contribution in [2.24, 2.45) is 5.92 Å². The van der Waals surface area contributed by atoms with E-state index in [1.807, 2.05) is 38.2 Å². The van der Waals surface area contributed by atoms with Gasteiger partial charge in [-0.2, -0.15) is 0 Å². The van der Waals surface area contributed by atoms with Crippen molar-refractivity contribution >= 4 is 17.4 Å². The molecule has 1 amide bonds. The molecule has 1 aromatic rings. The summed E-state index contributed by atoms with van der Waals surface area (Å²) < 4.78 is 5.32. The van der Waals surface area contributed by atoms with Crippen LogP contribution in [-0.4, -0.2) is 11.7 Å². The number of hydrogen-bond donors (Lipinski definition) is 1. The molecule has 0 aliphatic carbocycles. The summed E-state index contributed by atoms with van der Waals surface area (Å²) >= 11 is 1.82. The fraction of sp³-hybridized carbons (Fsp3) is 0.526. The molecule has 1 heterocycles. The summed E-state index contributed by atoms with van der Waals surface area (Å²) in [5.74, 6) is 0.227. The summed E-state index contributed by atoms with van der Waals surface area (Å²) in [5.41, 5.74) is 1.72. The monoisotopic (exact) mass is 335 g/mol. The number of aryl methyl sites for hydroxylation is 2. The van der Waals surface area contributed by atoms with Gasteiger partial charge in [0.1, 0.15) is 5.60 Å². The minimum atomic E-state index is -0.500. The minimum absolute atomic E-state index is 0.227. The van der Waals surface area contributed by atoms with Gasteiger partial charge >= 0.3 is 6.09 Å². The fourth-order valence-electron chi connectivity index (χ4n) is 2.16. The Kier molecular flexibility index (Phi) is 7.56. The summed E-state index contributed by atoms with van der Waals surface area (Å²) in [7, 11) is 0. The largest absolute Gasteiger partial charge is 0.444 e. The zero-order chi connectivity index (χ0) is 17.5. The highest BCUT2D eigenvalue weighted by Crippen LogP contribution is 2.21. The van der Waals surface area contributed by atoms with Crippen molar-refractivity contribution in [3.63, 3.8) is 0 Å². The van der Waals surface area contributed by atoms with E-state index in [-0.39, 0.29) is 5.92 Å². The fourth-order valence-corrected chi connectivity index (χ4v) is 3.03. The zero-order valence-corrected chi connectivity index (χ0v) is 15.8. The van der Waals surface area contributed by atoms with Gasteiger partial charge in [-0.05, 0) is 69.0 Å². The number of thiophene rings is 1. The van der Waals surface area contributed by atoms with Crippen molar-refractivity contribution in [2.75, 3.05) is 0 Å². The Bertz CT molecular complexity index is 552. The number of ether oxygens (including phenoxy) is 1. The first-order valence-corrected chi connectivity index (χ1v) is 9.02.